The lowest BCUT2D eigenvalue weighted by Crippen LogP contribution is -2.42. The van der Waals surface area contributed by atoms with Crippen LogP contribution in [-0.2, 0) is 4.74 Å². The van der Waals surface area contributed by atoms with Crippen LogP contribution < -0.4 is 10.6 Å². The first kappa shape index (κ1) is 17.3. The van der Waals surface area contributed by atoms with Crippen molar-refractivity contribution in [3.8, 4) is 0 Å². The number of nitrogens with zero attached hydrogens (tertiary/aromatic N) is 1. The van der Waals surface area contributed by atoms with Gasteiger partial charge in [-0.1, -0.05) is 32.1 Å². The van der Waals surface area contributed by atoms with Gasteiger partial charge in [0.15, 0.2) is 5.96 Å². The van der Waals surface area contributed by atoms with Gasteiger partial charge < -0.3 is 15.4 Å². The maximum absolute atomic E-state index is 5.64. The molecule has 1 aliphatic heterocycles. The topological polar surface area (TPSA) is 45.7 Å². The molecule has 3 aliphatic rings. The smallest absolute Gasteiger partial charge is 0.191 e. The van der Waals surface area contributed by atoms with Crippen molar-refractivity contribution in [1.29, 1.82) is 0 Å². The van der Waals surface area contributed by atoms with Gasteiger partial charge >= 0.3 is 0 Å². The van der Waals surface area contributed by atoms with Crippen LogP contribution in [0.2, 0.25) is 0 Å². The molecule has 1 heterocycles. The Morgan fingerprint density at radius 1 is 1.14 bits per heavy atom. The lowest BCUT2D eigenvalue weighted by atomic mass is 9.85. The van der Waals surface area contributed by atoms with E-state index in [0.29, 0.717) is 12.1 Å². The van der Waals surface area contributed by atoms with Crippen LogP contribution in [0.15, 0.2) is 4.99 Å². The summed E-state index contributed by atoms with van der Waals surface area (Å²) in [5, 5.41) is 7.02. The Morgan fingerprint density at radius 3 is 2.62 bits per heavy atom. The molecule has 122 valence electrons. The number of aliphatic imine (C=N–C) groups is 1. The van der Waals surface area contributed by atoms with Crippen LogP contribution in [0.25, 0.3) is 0 Å². The minimum absolute atomic E-state index is 0. The summed E-state index contributed by atoms with van der Waals surface area (Å²) in [6.45, 7) is 1.81. The van der Waals surface area contributed by atoms with E-state index in [9.17, 15) is 0 Å². The number of hydrogen-bond donors (Lipinski definition) is 2. The minimum Gasteiger partial charge on any atom is -0.376 e. The fourth-order valence-electron chi connectivity index (χ4n) is 3.85. The molecule has 1 saturated heterocycles. The lowest BCUT2D eigenvalue weighted by molar-refractivity contribution is 0.113. The molecule has 3 fully saturated rings. The lowest BCUT2D eigenvalue weighted by Gasteiger charge is -2.22. The second-order valence-electron chi connectivity index (χ2n) is 6.64. The number of hydrogen-bond acceptors (Lipinski definition) is 2. The molecule has 0 radical (unpaired) electrons. The third-order valence-corrected chi connectivity index (χ3v) is 5.16. The summed E-state index contributed by atoms with van der Waals surface area (Å²) in [5.74, 6) is 2.83. The Kier molecular flexibility index (Phi) is 7.05. The van der Waals surface area contributed by atoms with Gasteiger partial charge in [-0.3, -0.25) is 4.99 Å². The molecule has 0 aromatic rings. The first-order chi connectivity index (χ1) is 9.86. The van der Waals surface area contributed by atoms with Gasteiger partial charge in [0.2, 0.25) is 0 Å². The SMILES string of the molecule is CN=C(NCC1CCCO1)NC1CC1C1CCCCC1.I. The molecular weight excluding hydrogens is 377 g/mol. The van der Waals surface area contributed by atoms with Crippen molar-refractivity contribution in [2.45, 2.75) is 63.5 Å². The highest BCUT2D eigenvalue weighted by Gasteiger charge is 2.43. The van der Waals surface area contributed by atoms with Crippen LogP contribution in [-0.4, -0.2) is 38.3 Å². The van der Waals surface area contributed by atoms with Gasteiger partial charge in [0, 0.05) is 26.2 Å². The average molecular weight is 407 g/mol. The molecule has 2 aliphatic carbocycles. The van der Waals surface area contributed by atoms with Gasteiger partial charge in [0.05, 0.1) is 6.10 Å². The van der Waals surface area contributed by atoms with Gasteiger partial charge in [0.1, 0.15) is 0 Å². The zero-order valence-electron chi connectivity index (χ0n) is 13.1. The second kappa shape index (κ2) is 8.56. The molecule has 2 saturated carbocycles. The van der Waals surface area contributed by atoms with Crippen LogP contribution in [0.1, 0.15) is 51.4 Å². The third-order valence-electron chi connectivity index (χ3n) is 5.16. The largest absolute Gasteiger partial charge is 0.376 e. The summed E-state index contributed by atoms with van der Waals surface area (Å²) >= 11 is 0. The maximum atomic E-state index is 5.64. The van der Waals surface area contributed by atoms with Crippen molar-refractivity contribution < 1.29 is 4.74 Å². The van der Waals surface area contributed by atoms with Crippen molar-refractivity contribution >= 4 is 29.9 Å². The van der Waals surface area contributed by atoms with E-state index in [4.69, 9.17) is 4.74 Å². The van der Waals surface area contributed by atoms with Gasteiger partial charge in [-0.2, -0.15) is 0 Å². The molecule has 0 aromatic carbocycles. The molecule has 0 amide bonds. The summed E-state index contributed by atoms with van der Waals surface area (Å²) < 4.78 is 5.64. The van der Waals surface area contributed by atoms with E-state index in [1.54, 1.807) is 0 Å². The molecule has 4 nitrogen and oxygen atoms in total. The van der Waals surface area contributed by atoms with E-state index in [-0.39, 0.29) is 24.0 Å². The molecular formula is C16H30IN3O. The van der Waals surface area contributed by atoms with E-state index in [0.717, 1.165) is 30.9 Å². The molecule has 2 N–H and O–H groups in total. The Bertz CT molecular complexity index is 338. The van der Waals surface area contributed by atoms with E-state index >= 15 is 0 Å². The summed E-state index contributed by atoms with van der Waals surface area (Å²) in [7, 11) is 1.86. The first-order valence-corrected chi connectivity index (χ1v) is 8.45. The van der Waals surface area contributed by atoms with Crippen LogP contribution in [0, 0.1) is 11.8 Å². The van der Waals surface area contributed by atoms with E-state index < -0.39 is 0 Å². The molecule has 3 atom stereocenters. The van der Waals surface area contributed by atoms with Crippen LogP contribution in [0.3, 0.4) is 0 Å². The molecule has 3 unspecified atom stereocenters. The van der Waals surface area contributed by atoms with Crippen LogP contribution in [0.4, 0.5) is 0 Å². The van der Waals surface area contributed by atoms with Crippen LogP contribution >= 0.6 is 24.0 Å². The maximum Gasteiger partial charge on any atom is 0.191 e. The minimum atomic E-state index is 0. The highest BCUT2D eigenvalue weighted by Crippen LogP contribution is 2.44. The molecule has 5 heteroatoms. The van der Waals surface area contributed by atoms with Crippen molar-refractivity contribution in [2.75, 3.05) is 20.2 Å². The van der Waals surface area contributed by atoms with Crippen molar-refractivity contribution in [3.63, 3.8) is 0 Å². The van der Waals surface area contributed by atoms with Crippen LogP contribution in [0.5, 0.6) is 0 Å². The van der Waals surface area contributed by atoms with Gasteiger partial charge in [-0.25, -0.2) is 0 Å². The Morgan fingerprint density at radius 2 is 1.95 bits per heavy atom. The zero-order chi connectivity index (χ0) is 13.8. The summed E-state index contributed by atoms with van der Waals surface area (Å²) in [4.78, 5) is 4.35. The Labute approximate surface area is 145 Å². The molecule has 0 spiro atoms. The fourth-order valence-corrected chi connectivity index (χ4v) is 3.85. The number of rotatable bonds is 4. The summed E-state index contributed by atoms with van der Waals surface area (Å²) in [6.07, 6.45) is 11.3. The fraction of sp³-hybridized carbons (Fsp3) is 0.938. The van der Waals surface area contributed by atoms with E-state index in [1.807, 2.05) is 7.05 Å². The highest BCUT2D eigenvalue weighted by atomic mass is 127. The molecule has 3 rings (SSSR count). The number of halogens is 1. The van der Waals surface area contributed by atoms with Gasteiger partial charge in [-0.05, 0) is 31.1 Å². The van der Waals surface area contributed by atoms with E-state index in [2.05, 4.69) is 15.6 Å². The standard InChI is InChI=1S/C16H29N3O.HI/c1-17-16(18-11-13-8-5-9-20-13)19-15-10-14(15)12-6-3-2-4-7-12;/h12-15H,2-11H2,1H3,(H2,17,18,19);1H. The second-order valence-corrected chi connectivity index (χ2v) is 6.64. The van der Waals surface area contributed by atoms with Gasteiger partial charge in [0.25, 0.3) is 0 Å². The van der Waals surface area contributed by atoms with Gasteiger partial charge in [-0.15, -0.1) is 24.0 Å². The predicted molar refractivity (Wildman–Crippen MR) is 97.4 cm³/mol. The van der Waals surface area contributed by atoms with Crippen molar-refractivity contribution in [1.82, 2.24) is 10.6 Å². The number of nitrogens with one attached hydrogen (secondary N) is 2. The first-order valence-electron chi connectivity index (χ1n) is 8.45. The Balaban J connectivity index is 0.00000161. The third kappa shape index (κ3) is 4.98. The summed E-state index contributed by atoms with van der Waals surface area (Å²) in [6, 6.07) is 0.661. The molecule has 21 heavy (non-hydrogen) atoms. The van der Waals surface area contributed by atoms with Crippen molar-refractivity contribution in [3.05, 3.63) is 0 Å². The number of guanidine groups is 1. The average Bonchev–Trinajstić information content (AvgIpc) is 3.06. The zero-order valence-corrected chi connectivity index (χ0v) is 15.5. The normalized spacial score (nSPS) is 33.4. The quantitative estimate of drug-likeness (QED) is 0.428. The predicted octanol–water partition coefficient (Wildman–Crippen LogP) is 2.92. The van der Waals surface area contributed by atoms with Crippen molar-refractivity contribution in [2.24, 2.45) is 16.8 Å². The highest BCUT2D eigenvalue weighted by molar-refractivity contribution is 14.0. The van der Waals surface area contributed by atoms with E-state index in [1.165, 1.54) is 51.4 Å². The Hall–Kier alpha value is -0.0400. The monoisotopic (exact) mass is 407 g/mol. The summed E-state index contributed by atoms with van der Waals surface area (Å²) in [5.41, 5.74) is 0. The number of ether oxygens (including phenoxy) is 1. The molecule has 0 bridgehead atoms. The molecule has 0 aromatic heterocycles.